The summed E-state index contributed by atoms with van der Waals surface area (Å²) in [5.41, 5.74) is 3.08. The second-order valence-electron chi connectivity index (χ2n) is 7.48. The zero-order chi connectivity index (χ0) is 20.5. The third-order valence-corrected chi connectivity index (χ3v) is 4.77. The van der Waals surface area contributed by atoms with E-state index in [2.05, 4.69) is 0 Å². The zero-order valence-corrected chi connectivity index (χ0v) is 16.9. The highest BCUT2D eigenvalue weighted by Crippen LogP contribution is 2.31. The fourth-order valence-electron chi connectivity index (χ4n) is 3.57. The fraction of sp³-hybridized carbons (Fsp3) is 0.261. The Labute approximate surface area is 169 Å². The van der Waals surface area contributed by atoms with E-state index in [0.29, 0.717) is 39.5 Å². The van der Waals surface area contributed by atoms with Gasteiger partial charge in [-0.25, -0.2) is 9.97 Å². The molecular formula is C23H23N3O3. The summed E-state index contributed by atoms with van der Waals surface area (Å²) in [5, 5.41) is 0. The molecular weight excluding hydrogens is 366 g/mol. The van der Waals surface area contributed by atoms with Crippen LogP contribution in [0.5, 0.6) is 0 Å². The summed E-state index contributed by atoms with van der Waals surface area (Å²) in [6, 6.07) is 12.9. The average molecular weight is 389 g/mol. The van der Waals surface area contributed by atoms with Gasteiger partial charge in [-0.05, 0) is 70.2 Å². The van der Waals surface area contributed by atoms with Crippen LogP contribution in [0.25, 0.3) is 33.9 Å². The molecule has 3 aromatic heterocycles. The van der Waals surface area contributed by atoms with Gasteiger partial charge in [0.05, 0.1) is 23.6 Å². The number of rotatable bonds is 5. The van der Waals surface area contributed by atoms with Crippen LogP contribution in [0.2, 0.25) is 0 Å². The smallest absolute Gasteiger partial charge is 0.254 e. The first-order valence-electron chi connectivity index (χ1n) is 9.68. The Morgan fingerprint density at radius 1 is 0.828 bits per heavy atom. The van der Waals surface area contributed by atoms with Crippen LogP contribution >= 0.6 is 0 Å². The molecule has 0 aliphatic heterocycles. The van der Waals surface area contributed by atoms with Crippen molar-refractivity contribution in [1.82, 2.24) is 14.9 Å². The molecule has 4 aromatic rings. The van der Waals surface area contributed by atoms with Crippen molar-refractivity contribution in [3.05, 3.63) is 60.6 Å². The first-order valence-corrected chi connectivity index (χ1v) is 9.68. The van der Waals surface area contributed by atoms with Crippen molar-refractivity contribution in [2.24, 2.45) is 0 Å². The lowest BCUT2D eigenvalue weighted by Crippen LogP contribution is -2.42. The number of hydrogen-bond acceptors (Lipinski definition) is 5. The maximum absolute atomic E-state index is 13.1. The molecule has 0 aliphatic carbocycles. The van der Waals surface area contributed by atoms with Gasteiger partial charge in [-0.15, -0.1) is 0 Å². The van der Waals surface area contributed by atoms with Crippen molar-refractivity contribution in [3.8, 4) is 22.9 Å². The molecule has 6 heteroatoms. The van der Waals surface area contributed by atoms with Crippen molar-refractivity contribution < 1.29 is 13.6 Å². The number of nitrogens with zero attached hydrogens (tertiary/aromatic N) is 3. The Hall–Kier alpha value is -3.41. The van der Waals surface area contributed by atoms with E-state index in [-0.39, 0.29) is 18.0 Å². The summed E-state index contributed by atoms with van der Waals surface area (Å²) in [7, 11) is 0. The van der Waals surface area contributed by atoms with E-state index in [1.54, 1.807) is 36.8 Å². The lowest BCUT2D eigenvalue weighted by atomic mass is 10.1. The molecule has 1 aromatic carbocycles. The minimum Gasteiger partial charge on any atom is -0.463 e. The Balaban J connectivity index is 1.86. The standard InChI is InChI=1S/C23H23N3O3/c1-14(2)26(15(3)4)23(27)16-9-10-17-18(13-16)25-22(20-8-6-12-29-20)21(24-17)19-7-5-11-28-19/h5-15H,1-4H3. The highest BCUT2D eigenvalue weighted by atomic mass is 16.3. The summed E-state index contributed by atoms with van der Waals surface area (Å²) in [5.74, 6) is 1.18. The van der Waals surface area contributed by atoms with Crippen molar-refractivity contribution in [1.29, 1.82) is 0 Å². The van der Waals surface area contributed by atoms with Gasteiger partial charge in [0.1, 0.15) is 11.4 Å². The third-order valence-electron chi connectivity index (χ3n) is 4.77. The van der Waals surface area contributed by atoms with Crippen molar-refractivity contribution in [2.75, 3.05) is 0 Å². The molecule has 0 saturated heterocycles. The molecule has 0 atom stereocenters. The van der Waals surface area contributed by atoms with Gasteiger partial charge in [-0.3, -0.25) is 4.79 Å². The number of benzene rings is 1. The predicted molar refractivity (Wildman–Crippen MR) is 111 cm³/mol. The molecule has 0 N–H and O–H groups in total. The molecule has 3 heterocycles. The van der Waals surface area contributed by atoms with Gasteiger partial charge >= 0.3 is 0 Å². The average Bonchev–Trinajstić information content (AvgIpc) is 3.39. The Kier molecular flexibility index (Phi) is 4.92. The number of furan rings is 2. The number of fused-ring (bicyclic) bond motifs is 1. The number of amides is 1. The highest BCUT2D eigenvalue weighted by Gasteiger charge is 2.23. The van der Waals surface area contributed by atoms with Crippen LogP contribution in [-0.4, -0.2) is 32.9 Å². The normalized spacial score (nSPS) is 11.5. The summed E-state index contributed by atoms with van der Waals surface area (Å²) >= 11 is 0. The van der Waals surface area contributed by atoms with Gasteiger partial charge in [-0.1, -0.05) is 0 Å². The number of carbonyl (C=O) groups is 1. The second kappa shape index (κ2) is 7.54. The number of hydrogen-bond donors (Lipinski definition) is 0. The molecule has 0 spiro atoms. The lowest BCUT2D eigenvalue weighted by molar-refractivity contribution is 0.0644. The van der Waals surface area contributed by atoms with E-state index < -0.39 is 0 Å². The molecule has 0 aliphatic rings. The molecule has 6 nitrogen and oxygen atoms in total. The molecule has 0 radical (unpaired) electrons. The minimum atomic E-state index is -0.0200. The van der Waals surface area contributed by atoms with E-state index in [4.69, 9.17) is 18.8 Å². The first kappa shape index (κ1) is 18.9. The SMILES string of the molecule is CC(C)N(C(=O)c1ccc2nc(-c3ccco3)c(-c3ccco3)nc2c1)C(C)C. The van der Waals surface area contributed by atoms with Gasteiger partial charge in [0.15, 0.2) is 11.5 Å². The summed E-state index contributed by atoms with van der Waals surface area (Å²) < 4.78 is 11.1. The molecule has 29 heavy (non-hydrogen) atoms. The minimum absolute atomic E-state index is 0.0200. The number of aromatic nitrogens is 2. The van der Waals surface area contributed by atoms with E-state index in [1.165, 1.54) is 0 Å². The van der Waals surface area contributed by atoms with Crippen LogP contribution in [0, 0.1) is 0 Å². The molecule has 0 bridgehead atoms. The van der Waals surface area contributed by atoms with E-state index >= 15 is 0 Å². The summed E-state index contributed by atoms with van der Waals surface area (Å²) in [6.07, 6.45) is 3.19. The van der Waals surface area contributed by atoms with E-state index in [1.807, 2.05) is 50.8 Å². The van der Waals surface area contributed by atoms with Gasteiger partial charge in [0.25, 0.3) is 5.91 Å². The molecule has 0 fully saturated rings. The van der Waals surface area contributed by atoms with Crippen molar-refractivity contribution in [3.63, 3.8) is 0 Å². The first-order chi connectivity index (χ1) is 14.0. The molecule has 148 valence electrons. The predicted octanol–water partition coefficient (Wildman–Crippen LogP) is 5.41. The Morgan fingerprint density at radius 2 is 1.38 bits per heavy atom. The van der Waals surface area contributed by atoms with E-state index in [9.17, 15) is 4.79 Å². The number of carbonyl (C=O) groups excluding carboxylic acids is 1. The zero-order valence-electron chi connectivity index (χ0n) is 16.9. The van der Waals surface area contributed by atoms with Gasteiger partial charge in [0, 0.05) is 17.6 Å². The van der Waals surface area contributed by atoms with Crippen LogP contribution in [-0.2, 0) is 0 Å². The van der Waals surface area contributed by atoms with Crippen LogP contribution in [0.15, 0.2) is 63.8 Å². The Morgan fingerprint density at radius 3 is 1.86 bits per heavy atom. The maximum atomic E-state index is 13.1. The molecule has 4 rings (SSSR count). The van der Waals surface area contributed by atoms with Gasteiger partial charge in [0.2, 0.25) is 0 Å². The second-order valence-corrected chi connectivity index (χ2v) is 7.48. The topological polar surface area (TPSA) is 72.4 Å². The lowest BCUT2D eigenvalue weighted by Gasteiger charge is -2.30. The van der Waals surface area contributed by atoms with Crippen molar-refractivity contribution in [2.45, 2.75) is 39.8 Å². The van der Waals surface area contributed by atoms with Gasteiger partial charge < -0.3 is 13.7 Å². The largest absolute Gasteiger partial charge is 0.463 e. The van der Waals surface area contributed by atoms with Crippen LogP contribution in [0.1, 0.15) is 38.1 Å². The van der Waals surface area contributed by atoms with Crippen LogP contribution in [0.4, 0.5) is 0 Å². The summed E-state index contributed by atoms with van der Waals surface area (Å²) in [6.45, 7) is 8.07. The fourth-order valence-corrected chi connectivity index (χ4v) is 3.57. The van der Waals surface area contributed by atoms with Crippen LogP contribution in [0.3, 0.4) is 0 Å². The molecule has 0 unspecified atom stereocenters. The Bertz CT molecular complexity index is 1120. The van der Waals surface area contributed by atoms with Gasteiger partial charge in [-0.2, -0.15) is 0 Å². The highest BCUT2D eigenvalue weighted by molar-refractivity contribution is 5.98. The quantitative estimate of drug-likeness (QED) is 0.456. The third kappa shape index (κ3) is 3.53. The van der Waals surface area contributed by atoms with Crippen LogP contribution < -0.4 is 0 Å². The summed E-state index contributed by atoms with van der Waals surface area (Å²) in [4.78, 5) is 24.5. The monoisotopic (exact) mass is 389 g/mol. The molecule has 0 saturated carbocycles. The molecule has 1 amide bonds. The van der Waals surface area contributed by atoms with E-state index in [0.717, 1.165) is 0 Å². The maximum Gasteiger partial charge on any atom is 0.254 e. The van der Waals surface area contributed by atoms with Crippen molar-refractivity contribution >= 4 is 16.9 Å².